The maximum Gasteiger partial charge on any atom is 0.326 e. The Morgan fingerprint density at radius 1 is 1.06 bits per heavy atom. The Morgan fingerprint density at radius 2 is 1.84 bits per heavy atom. The van der Waals surface area contributed by atoms with E-state index in [0.29, 0.717) is 23.3 Å². The maximum atomic E-state index is 13.1. The highest BCUT2D eigenvalue weighted by atomic mass is 32.2. The molecule has 5 nitrogen and oxygen atoms in total. The van der Waals surface area contributed by atoms with E-state index in [-0.39, 0.29) is 0 Å². The van der Waals surface area contributed by atoms with Crippen LogP contribution >= 0.6 is 11.8 Å². The van der Waals surface area contributed by atoms with Gasteiger partial charge in [-0.05, 0) is 72.4 Å². The van der Waals surface area contributed by atoms with Crippen molar-refractivity contribution in [2.45, 2.75) is 19.4 Å². The van der Waals surface area contributed by atoms with Crippen LogP contribution in [0.15, 0.2) is 67.0 Å². The third kappa shape index (κ3) is 5.99. The van der Waals surface area contributed by atoms with Crippen LogP contribution in [0.4, 0.5) is 0 Å². The molecule has 0 fully saturated rings. The first-order valence-corrected chi connectivity index (χ1v) is 11.5. The molecule has 1 amide bonds. The molecular weight excluding hydrogens is 420 g/mol. The van der Waals surface area contributed by atoms with Crippen LogP contribution in [0.3, 0.4) is 0 Å². The van der Waals surface area contributed by atoms with Crippen molar-refractivity contribution in [1.82, 2.24) is 10.3 Å². The summed E-state index contributed by atoms with van der Waals surface area (Å²) in [5, 5.41) is 12.2. The Bertz CT molecular complexity index is 1170. The number of pyridine rings is 1. The van der Waals surface area contributed by atoms with E-state index in [1.54, 1.807) is 36.3 Å². The van der Waals surface area contributed by atoms with E-state index in [4.69, 9.17) is 0 Å². The monoisotopic (exact) mass is 444 g/mol. The summed E-state index contributed by atoms with van der Waals surface area (Å²) in [6.07, 6.45) is 5.65. The number of hydrogen-bond acceptors (Lipinski definition) is 4. The average Bonchev–Trinajstić information content (AvgIpc) is 2.81. The van der Waals surface area contributed by atoms with Crippen molar-refractivity contribution in [1.29, 1.82) is 0 Å². The summed E-state index contributed by atoms with van der Waals surface area (Å²) in [5.41, 5.74) is 4.59. The van der Waals surface area contributed by atoms with Crippen LogP contribution in [0.25, 0.3) is 11.1 Å². The fourth-order valence-corrected chi connectivity index (χ4v) is 3.70. The molecule has 1 atom stereocenters. The molecule has 0 aliphatic carbocycles. The van der Waals surface area contributed by atoms with E-state index < -0.39 is 17.9 Å². The van der Waals surface area contributed by atoms with Crippen LogP contribution in [-0.2, 0) is 4.79 Å². The highest BCUT2D eigenvalue weighted by Crippen LogP contribution is 2.28. The Hall–Kier alpha value is -3.56. The van der Waals surface area contributed by atoms with E-state index >= 15 is 0 Å². The molecule has 3 rings (SSSR count). The molecule has 6 heteroatoms. The van der Waals surface area contributed by atoms with Gasteiger partial charge in [-0.15, -0.1) is 0 Å². The molecule has 0 saturated heterocycles. The van der Waals surface area contributed by atoms with Gasteiger partial charge >= 0.3 is 5.97 Å². The predicted octanol–water partition coefficient (Wildman–Crippen LogP) is 4.39. The first kappa shape index (κ1) is 23.1. The Kier molecular flexibility index (Phi) is 8.07. The van der Waals surface area contributed by atoms with Gasteiger partial charge in [-0.25, -0.2) is 4.79 Å². The van der Waals surface area contributed by atoms with Crippen molar-refractivity contribution < 1.29 is 14.7 Å². The van der Waals surface area contributed by atoms with E-state index in [9.17, 15) is 14.7 Å². The fourth-order valence-electron chi connectivity index (χ4n) is 3.23. The van der Waals surface area contributed by atoms with Crippen molar-refractivity contribution in [3.05, 3.63) is 89.2 Å². The normalized spacial score (nSPS) is 11.2. The molecule has 3 aromatic rings. The zero-order valence-corrected chi connectivity index (χ0v) is 18.8. The first-order chi connectivity index (χ1) is 15.5. The topological polar surface area (TPSA) is 79.3 Å². The summed E-state index contributed by atoms with van der Waals surface area (Å²) in [4.78, 5) is 28.8. The Morgan fingerprint density at radius 3 is 2.53 bits per heavy atom. The second kappa shape index (κ2) is 11.2. The molecule has 0 spiro atoms. The molecule has 2 N–H and O–H groups in total. The molecule has 162 valence electrons. The number of thioether (sulfide) groups is 1. The minimum Gasteiger partial charge on any atom is -0.480 e. The average molecular weight is 445 g/mol. The molecule has 32 heavy (non-hydrogen) atoms. The van der Waals surface area contributed by atoms with Gasteiger partial charge in [0.15, 0.2) is 0 Å². The lowest BCUT2D eigenvalue weighted by atomic mass is 9.93. The van der Waals surface area contributed by atoms with Crippen LogP contribution in [-0.4, -0.2) is 40.0 Å². The van der Waals surface area contributed by atoms with Gasteiger partial charge in [0.05, 0.1) is 0 Å². The van der Waals surface area contributed by atoms with Gasteiger partial charge in [0.2, 0.25) is 0 Å². The Balaban J connectivity index is 2.00. The molecule has 1 heterocycles. The van der Waals surface area contributed by atoms with E-state index in [1.807, 2.05) is 55.6 Å². The molecule has 0 aliphatic rings. The predicted molar refractivity (Wildman–Crippen MR) is 129 cm³/mol. The molecule has 0 saturated carbocycles. The number of amides is 1. The molecule has 1 unspecified atom stereocenters. The van der Waals surface area contributed by atoms with E-state index in [2.05, 4.69) is 22.1 Å². The molecule has 1 aromatic heterocycles. The van der Waals surface area contributed by atoms with Gasteiger partial charge in [0.1, 0.15) is 6.04 Å². The smallest absolute Gasteiger partial charge is 0.326 e. The number of aliphatic carboxylic acids is 1. The van der Waals surface area contributed by atoms with Gasteiger partial charge in [0, 0.05) is 29.1 Å². The standard InChI is InChI=1S/C26H24N2O3S/c1-18-6-3-4-8-21(18)23-16-19(9-10-20-7-5-14-27-17-20)11-12-22(23)25(29)28-24(26(30)31)13-15-32-2/h3-8,11-12,14,16-17,24H,13,15H2,1-2H3,(H,28,29)(H,30,31). The highest BCUT2D eigenvalue weighted by molar-refractivity contribution is 7.98. The molecule has 0 bridgehead atoms. The maximum absolute atomic E-state index is 13.1. The SMILES string of the molecule is CSCCC(NC(=O)c1ccc(C#Cc2cccnc2)cc1-c1ccccc1C)C(=O)O. The number of benzene rings is 2. The van der Waals surface area contributed by atoms with Crippen molar-refractivity contribution in [2.24, 2.45) is 0 Å². The second-order valence-corrected chi connectivity index (χ2v) is 8.20. The number of aromatic nitrogens is 1. The summed E-state index contributed by atoms with van der Waals surface area (Å²) < 4.78 is 0. The minimum atomic E-state index is -1.04. The quantitative estimate of drug-likeness (QED) is 0.528. The largest absolute Gasteiger partial charge is 0.480 e. The van der Waals surface area contributed by atoms with E-state index in [1.165, 1.54) is 0 Å². The fraction of sp³-hybridized carbons (Fsp3) is 0.192. The summed E-state index contributed by atoms with van der Waals surface area (Å²) in [6, 6.07) is 15.9. The molecule has 2 aromatic carbocycles. The summed E-state index contributed by atoms with van der Waals surface area (Å²) in [5.74, 6) is 5.40. The van der Waals surface area contributed by atoms with Crippen LogP contribution in [0.5, 0.6) is 0 Å². The number of aryl methyl sites for hydroxylation is 1. The highest BCUT2D eigenvalue weighted by Gasteiger charge is 2.22. The summed E-state index contributed by atoms with van der Waals surface area (Å²) >= 11 is 1.54. The lowest BCUT2D eigenvalue weighted by molar-refractivity contribution is -0.139. The number of hydrogen-bond donors (Lipinski definition) is 2. The lowest BCUT2D eigenvalue weighted by Crippen LogP contribution is -2.41. The number of carbonyl (C=O) groups excluding carboxylic acids is 1. The van der Waals surface area contributed by atoms with Gasteiger partial charge in [-0.1, -0.05) is 36.1 Å². The van der Waals surface area contributed by atoms with Crippen molar-refractivity contribution in [3.63, 3.8) is 0 Å². The van der Waals surface area contributed by atoms with Crippen molar-refractivity contribution in [3.8, 4) is 23.0 Å². The van der Waals surface area contributed by atoms with Crippen molar-refractivity contribution in [2.75, 3.05) is 12.0 Å². The van der Waals surface area contributed by atoms with Gasteiger partial charge in [-0.2, -0.15) is 11.8 Å². The molecular formula is C26H24N2O3S. The number of rotatable bonds is 7. The third-order valence-electron chi connectivity index (χ3n) is 4.93. The first-order valence-electron chi connectivity index (χ1n) is 10.1. The molecule has 0 radical (unpaired) electrons. The number of carbonyl (C=O) groups is 2. The van der Waals surface area contributed by atoms with Crippen LogP contribution < -0.4 is 5.32 Å². The van der Waals surface area contributed by atoms with Crippen molar-refractivity contribution >= 4 is 23.6 Å². The summed E-state index contributed by atoms with van der Waals surface area (Å²) in [7, 11) is 0. The summed E-state index contributed by atoms with van der Waals surface area (Å²) in [6.45, 7) is 1.98. The number of carboxylic acid groups (broad SMARTS) is 1. The lowest BCUT2D eigenvalue weighted by Gasteiger charge is -2.17. The van der Waals surface area contributed by atoms with Gasteiger partial charge < -0.3 is 10.4 Å². The minimum absolute atomic E-state index is 0.358. The van der Waals surface area contributed by atoms with Crippen LogP contribution in [0.2, 0.25) is 0 Å². The number of nitrogens with one attached hydrogen (secondary N) is 1. The zero-order valence-electron chi connectivity index (χ0n) is 18.0. The van der Waals surface area contributed by atoms with Crippen LogP contribution in [0, 0.1) is 18.8 Å². The Labute approximate surface area is 192 Å². The zero-order chi connectivity index (χ0) is 22.9. The third-order valence-corrected chi connectivity index (χ3v) is 5.57. The second-order valence-electron chi connectivity index (χ2n) is 7.21. The number of nitrogens with zero attached hydrogens (tertiary/aromatic N) is 1. The van der Waals surface area contributed by atoms with E-state index in [0.717, 1.165) is 22.3 Å². The number of carboxylic acids is 1. The van der Waals surface area contributed by atoms with Crippen LogP contribution in [0.1, 0.15) is 33.5 Å². The van der Waals surface area contributed by atoms with Gasteiger partial charge in [0.25, 0.3) is 5.91 Å². The van der Waals surface area contributed by atoms with Gasteiger partial charge in [-0.3, -0.25) is 9.78 Å². The molecule has 0 aliphatic heterocycles.